The van der Waals surface area contributed by atoms with Crippen LogP contribution in [0.2, 0.25) is 0 Å². The summed E-state index contributed by atoms with van der Waals surface area (Å²) in [5.74, 6) is 0.859. The zero-order valence-corrected chi connectivity index (χ0v) is 15.0. The normalized spacial score (nSPS) is 14.0. The van der Waals surface area contributed by atoms with Crippen LogP contribution in [-0.2, 0) is 6.54 Å². The number of hydrogen-bond donors (Lipinski definition) is 0. The molecule has 132 valence electrons. The van der Waals surface area contributed by atoms with Crippen molar-refractivity contribution >= 4 is 11.3 Å². The molecular weight excluding hydrogens is 326 g/mol. The number of methoxy groups -OCH3 is 1. The zero-order valence-electron chi connectivity index (χ0n) is 15.0. The minimum Gasteiger partial charge on any atom is -0.497 e. The lowest BCUT2D eigenvalue weighted by Crippen LogP contribution is -2.40. The van der Waals surface area contributed by atoms with Gasteiger partial charge in [0.25, 0.3) is 0 Å². The smallest absolute Gasteiger partial charge is 0.178 e. The maximum Gasteiger partial charge on any atom is 0.178 e. The molecule has 1 saturated carbocycles. The number of imidazole rings is 1. The number of nitrogens with zero attached hydrogens (tertiary/aromatic N) is 5. The molecular formula is C20H21N5O. The molecule has 0 N–H and O–H groups in total. The van der Waals surface area contributed by atoms with E-state index in [4.69, 9.17) is 4.74 Å². The Hall–Kier alpha value is -3.07. The van der Waals surface area contributed by atoms with E-state index in [1.54, 1.807) is 17.8 Å². The van der Waals surface area contributed by atoms with Crippen LogP contribution in [0.5, 0.6) is 5.75 Å². The second-order valence-corrected chi connectivity index (χ2v) is 6.72. The van der Waals surface area contributed by atoms with Crippen molar-refractivity contribution in [3.8, 4) is 11.8 Å². The van der Waals surface area contributed by atoms with Crippen LogP contribution in [0.1, 0.15) is 36.2 Å². The van der Waals surface area contributed by atoms with E-state index < -0.39 is 0 Å². The first-order valence-corrected chi connectivity index (χ1v) is 8.84. The summed E-state index contributed by atoms with van der Waals surface area (Å²) in [6, 6.07) is 12.9. The van der Waals surface area contributed by atoms with E-state index in [0.717, 1.165) is 29.3 Å². The highest BCUT2D eigenvalue weighted by Gasteiger charge is 2.28. The van der Waals surface area contributed by atoms with Gasteiger partial charge in [-0.25, -0.2) is 9.50 Å². The molecule has 0 aliphatic heterocycles. The lowest BCUT2D eigenvalue weighted by atomic mass is 9.90. The summed E-state index contributed by atoms with van der Waals surface area (Å²) in [5.41, 5.74) is 4.34. The highest BCUT2D eigenvalue weighted by atomic mass is 16.5. The van der Waals surface area contributed by atoms with Crippen molar-refractivity contribution in [2.45, 2.75) is 38.8 Å². The fourth-order valence-corrected chi connectivity index (χ4v) is 3.40. The van der Waals surface area contributed by atoms with Crippen molar-refractivity contribution in [1.82, 2.24) is 14.6 Å². The molecule has 0 saturated heterocycles. The third kappa shape index (κ3) is 2.86. The highest BCUT2D eigenvalue weighted by molar-refractivity contribution is 5.70. The monoisotopic (exact) mass is 347 g/mol. The maximum atomic E-state index is 9.32. The molecule has 4 rings (SSSR count). The number of rotatable bonds is 5. The SMILES string of the molecule is COc1ccc(CN(c2cc(C)nn3c(C#N)cnc23)C2CCC2)cc1. The van der Waals surface area contributed by atoms with Gasteiger partial charge in [0.05, 0.1) is 24.7 Å². The molecule has 6 heteroatoms. The summed E-state index contributed by atoms with van der Waals surface area (Å²) in [4.78, 5) is 6.88. The Morgan fingerprint density at radius 1 is 1.31 bits per heavy atom. The summed E-state index contributed by atoms with van der Waals surface area (Å²) in [7, 11) is 1.68. The predicted octanol–water partition coefficient (Wildman–Crippen LogP) is 3.48. The maximum absolute atomic E-state index is 9.32. The van der Waals surface area contributed by atoms with Crippen molar-refractivity contribution < 1.29 is 4.74 Å². The molecule has 2 heterocycles. The lowest BCUT2D eigenvalue weighted by molar-refractivity contribution is 0.384. The molecule has 0 unspecified atom stereocenters. The Kier molecular flexibility index (Phi) is 4.21. The average Bonchev–Trinajstić information content (AvgIpc) is 3.02. The van der Waals surface area contributed by atoms with Crippen molar-refractivity contribution in [3.05, 3.63) is 53.5 Å². The van der Waals surface area contributed by atoms with Crippen LogP contribution < -0.4 is 9.64 Å². The van der Waals surface area contributed by atoms with E-state index in [9.17, 15) is 5.26 Å². The Balaban J connectivity index is 1.76. The summed E-state index contributed by atoms with van der Waals surface area (Å²) < 4.78 is 6.92. The number of fused-ring (bicyclic) bond motifs is 1. The van der Waals surface area contributed by atoms with Crippen LogP contribution >= 0.6 is 0 Å². The van der Waals surface area contributed by atoms with E-state index in [1.807, 2.05) is 19.1 Å². The molecule has 0 atom stereocenters. The van der Waals surface area contributed by atoms with Gasteiger partial charge in [0, 0.05) is 12.6 Å². The van der Waals surface area contributed by atoms with Crippen molar-refractivity contribution in [1.29, 1.82) is 5.26 Å². The molecule has 1 aromatic carbocycles. The molecule has 0 amide bonds. The van der Waals surface area contributed by atoms with Gasteiger partial charge in [-0.05, 0) is 49.9 Å². The fraction of sp³-hybridized carbons (Fsp3) is 0.350. The highest BCUT2D eigenvalue weighted by Crippen LogP contribution is 2.33. The van der Waals surface area contributed by atoms with Gasteiger partial charge in [-0.3, -0.25) is 0 Å². The van der Waals surface area contributed by atoms with Crippen LogP contribution in [-0.4, -0.2) is 27.7 Å². The summed E-state index contributed by atoms with van der Waals surface area (Å²) >= 11 is 0. The van der Waals surface area contributed by atoms with Crippen molar-refractivity contribution in [2.75, 3.05) is 12.0 Å². The fourth-order valence-electron chi connectivity index (χ4n) is 3.40. The Morgan fingerprint density at radius 3 is 2.69 bits per heavy atom. The molecule has 1 aliphatic rings. The Bertz CT molecular complexity index is 966. The molecule has 0 spiro atoms. The topological polar surface area (TPSA) is 66.5 Å². The molecule has 3 aromatic rings. The molecule has 0 radical (unpaired) electrons. The van der Waals surface area contributed by atoms with Crippen LogP contribution in [0.15, 0.2) is 36.5 Å². The number of nitriles is 1. The van der Waals surface area contributed by atoms with Gasteiger partial charge in [0.1, 0.15) is 11.8 Å². The van der Waals surface area contributed by atoms with Crippen LogP contribution in [0.4, 0.5) is 5.69 Å². The van der Waals surface area contributed by atoms with Crippen LogP contribution in [0.3, 0.4) is 0 Å². The second-order valence-electron chi connectivity index (χ2n) is 6.72. The standard InChI is InChI=1S/C20H21N5O/c1-14-10-19(20-22-12-17(11-21)25(20)23-14)24(16-4-3-5-16)13-15-6-8-18(26-2)9-7-15/h6-10,12,16H,3-5,13H2,1-2H3. The van der Waals surface area contributed by atoms with Crippen molar-refractivity contribution in [3.63, 3.8) is 0 Å². The van der Waals surface area contributed by atoms with Crippen LogP contribution in [0, 0.1) is 18.3 Å². The summed E-state index contributed by atoms with van der Waals surface area (Å²) in [6.45, 7) is 2.75. The molecule has 26 heavy (non-hydrogen) atoms. The van der Waals surface area contributed by atoms with E-state index in [1.165, 1.54) is 24.8 Å². The molecule has 1 fully saturated rings. The zero-order chi connectivity index (χ0) is 18.1. The summed E-state index contributed by atoms with van der Waals surface area (Å²) in [5, 5.41) is 13.8. The lowest BCUT2D eigenvalue weighted by Gasteiger charge is -2.39. The van der Waals surface area contributed by atoms with Gasteiger partial charge in [-0.2, -0.15) is 10.4 Å². The van der Waals surface area contributed by atoms with Gasteiger partial charge in [-0.15, -0.1) is 0 Å². The second kappa shape index (κ2) is 6.68. The minimum atomic E-state index is 0.461. The first kappa shape index (κ1) is 16.4. The third-order valence-corrected chi connectivity index (χ3v) is 5.02. The number of ether oxygens (including phenoxy) is 1. The molecule has 2 aromatic heterocycles. The molecule has 1 aliphatic carbocycles. The van der Waals surface area contributed by atoms with Gasteiger partial charge < -0.3 is 9.64 Å². The number of benzene rings is 1. The average molecular weight is 347 g/mol. The summed E-state index contributed by atoms with van der Waals surface area (Å²) in [6.07, 6.45) is 5.20. The van der Waals surface area contributed by atoms with Gasteiger partial charge >= 0.3 is 0 Å². The first-order valence-electron chi connectivity index (χ1n) is 8.84. The van der Waals surface area contributed by atoms with E-state index in [2.05, 4.69) is 39.3 Å². The number of anilines is 1. The number of hydrogen-bond acceptors (Lipinski definition) is 5. The van der Waals surface area contributed by atoms with Gasteiger partial charge in [0.2, 0.25) is 0 Å². The minimum absolute atomic E-state index is 0.461. The Labute approximate surface area is 152 Å². The number of aryl methyl sites for hydroxylation is 1. The molecule has 6 nitrogen and oxygen atoms in total. The van der Waals surface area contributed by atoms with E-state index in [0.29, 0.717) is 11.7 Å². The van der Waals surface area contributed by atoms with E-state index in [-0.39, 0.29) is 0 Å². The quantitative estimate of drug-likeness (QED) is 0.707. The van der Waals surface area contributed by atoms with Gasteiger partial charge in [0.15, 0.2) is 11.3 Å². The number of aromatic nitrogens is 3. The van der Waals surface area contributed by atoms with Crippen molar-refractivity contribution in [2.24, 2.45) is 0 Å². The van der Waals surface area contributed by atoms with Gasteiger partial charge in [-0.1, -0.05) is 12.1 Å². The Morgan fingerprint density at radius 2 is 2.08 bits per heavy atom. The third-order valence-electron chi connectivity index (χ3n) is 5.02. The molecule has 0 bridgehead atoms. The largest absolute Gasteiger partial charge is 0.497 e. The first-order chi connectivity index (χ1) is 12.7. The van der Waals surface area contributed by atoms with Crippen LogP contribution in [0.25, 0.3) is 5.65 Å². The van der Waals surface area contributed by atoms with E-state index >= 15 is 0 Å². The predicted molar refractivity (Wildman–Crippen MR) is 99.3 cm³/mol.